The molecule has 3 aromatic rings. The van der Waals surface area contributed by atoms with Gasteiger partial charge in [0, 0.05) is 29.5 Å². The van der Waals surface area contributed by atoms with Crippen LogP contribution in [0.25, 0.3) is 10.8 Å². The molecule has 6 nitrogen and oxygen atoms in total. The fourth-order valence-electron chi connectivity index (χ4n) is 3.62. The lowest BCUT2D eigenvalue weighted by Crippen LogP contribution is -2.40. The van der Waals surface area contributed by atoms with Crippen LogP contribution in [0.5, 0.6) is 0 Å². The maximum Gasteiger partial charge on any atom is 0.309 e. The number of likely N-dealkylation sites (tertiary alicyclic amines) is 1. The van der Waals surface area contributed by atoms with Gasteiger partial charge in [0.2, 0.25) is 0 Å². The molecule has 1 amide bonds. The Morgan fingerprint density at radius 1 is 1.17 bits per heavy atom. The van der Waals surface area contributed by atoms with Crippen molar-refractivity contribution in [2.45, 2.75) is 19.8 Å². The highest BCUT2D eigenvalue weighted by Gasteiger charge is 2.29. The number of carbonyl (C=O) groups is 2. The number of anilines is 2. The molecule has 150 valence electrons. The third-order valence-electron chi connectivity index (χ3n) is 5.16. The number of piperidine rings is 1. The van der Waals surface area contributed by atoms with E-state index in [4.69, 9.17) is 4.74 Å². The Labute approximate surface area is 173 Å². The molecule has 0 radical (unpaired) electrons. The van der Waals surface area contributed by atoms with Gasteiger partial charge in [-0.1, -0.05) is 36.4 Å². The maximum absolute atomic E-state index is 12.8. The quantitative estimate of drug-likeness (QED) is 0.630. The standard InChI is InChI=1S/C22H23N3O3S/c1-2-28-21(27)16-10-12-25(13-11-16)20(26)19-14-29-22(24-19)23-18-9-5-7-15-6-3-4-8-17(15)18/h3-9,14,16H,2,10-13H2,1H3,(H,23,24). The number of amides is 1. The van der Waals surface area contributed by atoms with E-state index >= 15 is 0 Å². The largest absolute Gasteiger partial charge is 0.466 e. The average molecular weight is 410 g/mol. The molecule has 1 fully saturated rings. The van der Waals surface area contributed by atoms with E-state index in [2.05, 4.69) is 28.5 Å². The van der Waals surface area contributed by atoms with Crippen LogP contribution in [0.4, 0.5) is 10.8 Å². The number of rotatable bonds is 5. The third kappa shape index (κ3) is 4.24. The second-order valence-corrected chi connectivity index (χ2v) is 7.87. The lowest BCUT2D eigenvalue weighted by Gasteiger charge is -2.30. The van der Waals surface area contributed by atoms with Gasteiger partial charge in [-0.15, -0.1) is 11.3 Å². The second kappa shape index (κ2) is 8.61. The van der Waals surface area contributed by atoms with Gasteiger partial charge in [-0.05, 0) is 31.2 Å². The first kappa shape index (κ1) is 19.4. The van der Waals surface area contributed by atoms with Crippen molar-refractivity contribution in [3.63, 3.8) is 0 Å². The Bertz CT molecular complexity index is 1020. The van der Waals surface area contributed by atoms with Crippen molar-refractivity contribution in [2.75, 3.05) is 25.0 Å². The van der Waals surface area contributed by atoms with Crippen molar-refractivity contribution in [3.8, 4) is 0 Å². The Kier molecular flexibility index (Phi) is 5.76. The fourth-order valence-corrected chi connectivity index (χ4v) is 4.32. The van der Waals surface area contributed by atoms with Crippen LogP contribution in [0.3, 0.4) is 0 Å². The van der Waals surface area contributed by atoms with E-state index in [1.54, 1.807) is 10.3 Å². The molecule has 1 aliphatic rings. The zero-order chi connectivity index (χ0) is 20.2. The average Bonchev–Trinajstić information content (AvgIpc) is 3.22. The summed E-state index contributed by atoms with van der Waals surface area (Å²) in [7, 11) is 0. The number of fused-ring (bicyclic) bond motifs is 1. The number of thiazole rings is 1. The summed E-state index contributed by atoms with van der Waals surface area (Å²) in [6.45, 7) is 3.30. The van der Waals surface area contributed by atoms with Gasteiger partial charge in [0.25, 0.3) is 5.91 Å². The first-order valence-electron chi connectivity index (χ1n) is 9.82. The summed E-state index contributed by atoms with van der Waals surface area (Å²) in [4.78, 5) is 30.9. The van der Waals surface area contributed by atoms with Gasteiger partial charge in [-0.3, -0.25) is 9.59 Å². The molecule has 4 rings (SSSR count). The van der Waals surface area contributed by atoms with Crippen LogP contribution in [0.1, 0.15) is 30.3 Å². The van der Waals surface area contributed by atoms with Crippen LogP contribution in [-0.2, 0) is 9.53 Å². The van der Waals surface area contributed by atoms with E-state index in [0.717, 1.165) is 16.5 Å². The van der Waals surface area contributed by atoms with Crippen molar-refractivity contribution in [1.82, 2.24) is 9.88 Å². The minimum absolute atomic E-state index is 0.0884. The highest BCUT2D eigenvalue weighted by Crippen LogP contribution is 2.28. The van der Waals surface area contributed by atoms with E-state index in [0.29, 0.717) is 43.4 Å². The van der Waals surface area contributed by atoms with Crippen molar-refractivity contribution in [1.29, 1.82) is 0 Å². The summed E-state index contributed by atoms with van der Waals surface area (Å²) in [5, 5.41) is 8.07. The number of hydrogen-bond acceptors (Lipinski definition) is 6. The summed E-state index contributed by atoms with van der Waals surface area (Å²) in [5.74, 6) is -0.359. The SMILES string of the molecule is CCOC(=O)C1CCN(C(=O)c2csc(Nc3cccc4ccccc34)n2)CC1. The number of carbonyl (C=O) groups excluding carboxylic acids is 2. The van der Waals surface area contributed by atoms with Crippen molar-refractivity contribution < 1.29 is 14.3 Å². The fraction of sp³-hybridized carbons (Fsp3) is 0.318. The summed E-state index contributed by atoms with van der Waals surface area (Å²) in [6.07, 6.45) is 1.27. The molecule has 0 unspecified atom stereocenters. The predicted octanol–water partition coefficient (Wildman–Crippen LogP) is 4.46. The summed E-state index contributed by atoms with van der Waals surface area (Å²) >= 11 is 1.41. The van der Waals surface area contributed by atoms with Crippen LogP contribution in [0, 0.1) is 5.92 Å². The van der Waals surface area contributed by atoms with Gasteiger partial charge in [0.1, 0.15) is 5.69 Å². The molecule has 1 aliphatic heterocycles. The lowest BCUT2D eigenvalue weighted by atomic mass is 9.97. The molecule has 7 heteroatoms. The van der Waals surface area contributed by atoms with Crippen LogP contribution < -0.4 is 5.32 Å². The maximum atomic E-state index is 12.8. The van der Waals surface area contributed by atoms with Gasteiger partial charge >= 0.3 is 5.97 Å². The van der Waals surface area contributed by atoms with E-state index < -0.39 is 0 Å². The molecular formula is C22H23N3O3S. The first-order chi connectivity index (χ1) is 14.2. The Hall–Kier alpha value is -2.93. The molecule has 0 aliphatic carbocycles. The molecule has 29 heavy (non-hydrogen) atoms. The molecule has 1 saturated heterocycles. The smallest absolute Gasteiger partial charge is 0.309 e. The summed E-state index contributed by atoms with van der Waals surface area (Å²) < 4.78 is 5.09. The Morgan fingerprint density at radius 2 is 1.93 bits per heavy atom. The molecule has 0 spiro atoms. The van der Waals surface area contributed by atoms with Gasteiger partial charge in [-0.25, -0.2) is 4.98 Å². The van der Waals surface area contributed by atoms with Crippen LogP contribution >= 0.6 is 11.3 Å². The van der Waals surface area contributed by atoms with Crippen LogP contribution in [0.2, 0.25) is 0 Å². The molecule has 2 aromatic carbocycles. The van der Waals surface area contributed by atoms with Crippen LogP contribution in [-0.4, -0.2) is 41.5 Å². The van der Waals surface area contributed by atoms with Crippen molar-refractivity contribution in [3.05, 3.63) is 53.5 Å². The van der Waals surface area contributed by atoms with Crippen molar-refractivity contribution in [2.24, 2.45) is 5.92 Å². The molecular weight excluding hydrogens is 386 g/mol. The molecule has 0 saturated carbocycles. The van der Waals surface area contributed by atoms with Gasteiger partial charge in [0.05, 0.1) is 12.5 Å². The Morgan fingerprint density at radius 3 is 2.72 bits per heavy atom. The van der Waals surface area contributed by atoms with Crippen molar-refractivity contribution >= 4 is 44.8 Å². The van der Waals surface area contributed by atoms with Gasteiger partial charge < -0.3 is 15.0 Å². The minimum Gasteiger partial charge on any atom is -0.466 e. The zero-order valence-corrected chi connectivity index (χ0v) is 17.1. The van der Waals surface area contributed by atoms with E-state index in [1.807, 2.05) is 31.2 Å². The number of esters is 1. The van der Waals surface area contributed by atoms with E-state index in [1.165, 1.54) is 11.3 Å². The lowest BCUT2D eigenvalue weighted by molar-refractivity contribution is -0.149. The molecule has 0 atom stereocenters. The Balaban J connectivity index is 1.41. The number of ether oxygens (including phenoxy) is 1. The molecule has 1 N–H and O–H groups in total. The number of aromatic nitrogens is 1. The molecule has 0 bridgehead atoms. The second-order valence-electron chi connectivity index (χ2n) is 7.01. The number of nitrogens with one attached hydrogen (secondary N) is 1. The zero-order valence-electron chi connectivity index (χ0n) is 16.3. The number of nitrogens with zero attached hydrogens (tertiary/aromatic N) is 2. The monoisotopic (exact) mass is 409 g/mol. The summed E-state index contributed by atoms with van der Waals surface area (Å²) in [6, 6.07) is 14.2. The molecule has 2 heterocycles. The topological polar surface area (TPSA) is 71.5 Å². The van der Waals surface area contributed by atoms with E-state index in [9.17, 15) is 9.59 Å². The summed E-state index contributed by atoms with van der Waals surface area (Å²) in [5.41, 5.74) is 1.40. The first-order valence-corrected chi connectivity index (χ1v) is 10.7. The van der Waals surface area contributed by atoms with E-state index in [-0.39, 0.29) is 17.8 Å². The van der Waals surface area contributed by atoms with Crippen LogP contribution in [0.15, 0.2) is 47.8 Å². The highest BCUT2D eigenvalue weighted by atomic mass is 32.1. The minimum atomic E-state index is -0.158. The van der Waals surface area contributed by atoms with Gasteiger partial charge in [0.15, 0.2) is 5.13 Å². The molecule has 1 aromatic heterocycles. The number of hydrogen-bond donors (Lipinski definition) is 1. The van der Waals surface area contributed by atoms with Gasteiger partial charge in [-0.2, -0.15) is 0 Å². The normalized spacial score (nSPS) is 14.7. The predicted molar refractivity (Wildman–Crippen MR) is 115 cm³/mol. The third-order valence-corrected chi connectivity index (χ3v) is 5.91. The number of benzene rings is 2. The highest BCUT2D eigenvalue weighted by molar-refractivity contribution is 7.14.